The second-order valence-electron chi connectivity index (χ2n) is 5.76. The average molecular weight is 403 g/mol. The molecule has 0 fully saturated rings. The number of benzene rings is 2. The van der Waals surface area contributed by atoms with Crippen molar-refractivity contribution >= 4 is 45.7 Å². The number of carbonyl (C=O) groups excluding carboxylic acids is 1. The minimum absolute atomic E-state index is 0.255. The third-order valence-electron chi connectivity index (χ3n) is 4.13. The van der Waals surface area contributed by atoms with Crippen molar-refractivity contribution < 1.29 is 9.53 Å². The Morgan fingerprint density at radius 1 is 1.31 bits per heavy atom. The predicted molar refractivity (Wildman–Crippen MR) is 108 cm³/mol. The van der Waals surface area contributed by atoms with Gasteiger partial charge in [-0.25, -0.2) is 4.98 Å². The number of amides is 1. The molecule has 0 atom stereocenters. The molecule has 4 nitrogen and oxygen atoms in total. The Balaban J connectivity index is 1.54. The van der Waals surface area contributed by atoms with Gasteiger partial charge in [-0.2, -0.15) is 0 Å². The monoisotopic (exact) mass is 402 g/mol. The second-order valence-corrected chi connectivity index (χ2v) is 7.90. The van der Waals surface area contributed by atoms with Crippen LogP contribution in [-0.2, 0) is 6.42 Å². The molecular weight excluding hydrogens is 388 g/mol. The minimum atomic E-state index is -0.255. The van der Waals surface area contributed by atoms with Crippen LogP contribution in [0.5, 0.6) is 5.75 Å². The molecule has 2 heterocycles. The van der Waals surface area contributed by atoms with Gasteiger partial charge in [-0.05, 0) is 48.2 Å². The molecule has 2 aromatic carbocycles. The molecule has 0 bridgehead atoms. The summed E-state index contributed by atoms with van der Waals surface area (Å²) in [5, 5.41) is 5.76. The van der Waals surface area contributed by atoms with Gasteiger partial charge in [0.1, 0.15) is 5.75 Å². The van der Waals surface area contributed by atoms with Crippen molar-refractivity contribution in [3.05, 3.63) is 57.9 Å². The number of halogens is 1. The fourth-order valence-corrected chi connectivity index (χ4v) is 4.14. The van der Waals surface area contributed by atoms with Crippen LogP contribution in [0.25, 0.3) is 11.3 Å². The zero-order valence-corrected chi connectivity index (χ0v) is 16.3. The molecule has 0 spiro atoms. The first-order valence-corrected chi connectivity index (χ1v) is 10.5. The Morgan fingerprint density at radius 3 is 3.04 bits per heavy atom. The Bertz CT molecular complexity index is 987. The first-order chi connectivity index (χ1) is 12.6. The SMILES string of the molecule is CSc1ccc(Cl)c(C(=O)Nc2nc(-c3ccc4c(c3)CCO4)cs2)c1. The van der Waals surface area contributed by atoms with Crippen LogP contribution in [0, 0.1) is 0 Å². The molecule has 1 aliphatic rings. The summed E-state index contributed by atoms with van der Waals surface area (Å²) in [6, 6.07) is 11.5. The lowest BCUT2D eigenvalue weighted by atomic mass is 10.1. The quantitative estimate of drug-likeness (QED) is 0.596. The Kier molecular flexibility index (Phi) is 4.89. The highest BCUT2D eigenvalue weighted by atomic mass is 35.5. The lowest BCUT2D eigenvalue weighted by Crippen LogP contribution is -2.12. The normalized spacial score (nSPS) is 12.5. The number of carbonyl (C=O) groups is 1. The maximum absolute atomic E-state index is 12.5. The molecule has 1 amide bonds. The summed E-state index contributed by atoms with van der Waals surface area (Å²) in [6.07, 6.45) is 2.88. The molecule has 0 radical (unpaired) electrons. The molecule has 1 aliphatic heterocycles. The van der Waals surface area contributed by atoms with E-state index in [1.165, 1.54) is 16.9 Å². The number of nitrogens with zero attached hydrogens (tertiary/aromatic N) is 1. The van der Waals surface area contributed by atoms with E-state index in [4.69, 9.17) is 16.3 Å². The maximum Gasteiger partial charge on any atom is 0.258 e. The molecule has 0 unspecified atom stereocenters. The van der Waals surface area contributed by atoms with E-state index in [1.807, 2.05) is 29.8 Å². The highest BCUT2D eigenvalue weighted by Crippen LogP contribution is 2.32. The van der Waals surface area contributed by atoms with E-state index in [0.717, 1.165) is 34.9 Å². The molecule has 26 heavy (non-hydrogen) atoms. The molecule has 7 heteroatoms. The number of aromatic nitrogens is 1. The van der Waals surface area contributed by atoms with Crippen LogP contribution in [0.2, 0.25) is 5.02 Å². The van der Waals surface area contributed by atoms with Crippen molar-refractivity contribution in [2.75, 3.05) is 18.2 Å². The zero-order chi connectivity index (χ0) is 18.1. The van der Waals surface area contributed by atoms with Crippen molar-refractivity contribution in [3.63, 3.8) is 0 Å². The highest BCUT2D eigenvalue weighted by molar-refractivity contribution is 7.98. The topological polar surface area (TPSA) is 51.2 Å². The lowest BCUT2D eigenvalue weighted by molar-refractivity contribution is 0.102. The largest absolute Gasteiger partial charge is 0.493 e. The van der Waals surface area contributed by atoms with Crippen LogP contribution in [0.3, 0.4) is 0 Å². The standard InChI is InChI=1S/C19H15ClN2O2S2/c1-25-13-3-4-15(20)14(9-13)18(23)22-19-21-16(10-26-19)11-2-5-17-12(8-11)6-7-24-17/h2-5,8-10H,6-7H2,1H3,(H,21,22,23). The van der Waals surface area contributed by atoms with Gasteiger partial charge in [-0.3, -0.25) is 10.1 Å². The summed E-state index contributed by atoms with van der Waals surface area (Å²) >= 11 is 9.13. The van der Waals surface area contributed by atoms with Crippen LogP contribution in [0.4, 0.5) is 5.13 Å². The molecule has 0 saturated heterocycles. The number of thioether (sulfide) groups is 1. The number of rotatable bonds is 4. The van der Waals surface area contributed by atoms with Gasteiger partial charge in [0, 0.05) is 22.3 Å². The second kappa shape index (κ2) is 7.31. The van der Waals surface area contributed by atoms with Gasteiger partial charge in [0.05, 0.1) is 22.9 Å². The Labute approximate surface area is 164 Å². The summed E-state index contributed by atoms with van der Waals surface area (Å²) in [5.41, 5.74) is 3.50. The summed E-state index contributed by atoms with van der Waals surface area (Å²) in [6.45, 7) is 0.729. The minimum Gasteiger partial charge on any atom is -0.493 e. The first-order valence-electron chi connectivity index (χ1n) is 8.00. The summed E-state index contributed by atoms with van der Waals surface area (Å²) < 4.78 is 5.54. The number of hydrogen-bond acceptors (Lipinski definition) is 5. The molecule has 1 aromatic heterocycles. The van der Waals surface area contributed by atoms with Gasteiger partial charge in [0.15, 0.2) is 5.13 Å². The third-order valence-corrected chi connectivity index (χ3v) is 5.94. The Hall–Kier alpha value is -2.02. The molecule has 3 aromatic rings. The van der Waals surface area contributed by atoms with Gasteiger partial charge in [-0.15, -0.1) is 23.1 Å². The van der Waals surface area contributed by atoms with E-state index in [0.29, 0.717) is 15.7 Å². The maximum atomic E-state index is 12.5. The van der Waals surface area contributed by atoms with Crippen molar-refractivity contribution in [2.24, 2.45) is 0 Å². The third kappa shape index (κ3) is 3.45. The van der Waals surface area contributed by atoms with Crippen molar-refractivity contribution in [3.8, 4) is 17.0 Å². The van der Waals surface area contributed by atoms with Gasteiger partial charge in [0.2, 0.25) is 0 Å². The fraction of sp³-hybridized carbons (Fsp3) is 0.158. The fourth-order valence-electron chi connectivity index (χ4n) is 2.78. The van der Waals surface area contributed by atoms with Crippen LogP contribution < -0.4 is 10.1 Å². The number of ether oxygens (including phenoxy) is 1. The number of anilines is 1. The molecule has 4 rings (SSSR count). The van der Waals surface area contributed by atoms with Crippen LogP contribution >= 0.6 is 34.7 Å². The van der Waals surface area contributed by atoms with Gasteiger partial charge in [0.25, 0.3) is 5.91 Å². The van der Waals surface area contributed by atoms with E-state index < -0.39 is 0 Å². The smallest absolute Gasteiger partial charge is 0.258 e. The van der Waals surface area contributed by atoms with Crippen LogP contribution in [-0.4, -0.2) is 23.8 Å². The van der Waals surface area contributed by atoms with Crippen LogP contribution in [0.1, 0.15) is 15.9 Å². The van der Waals surface area contributed by atoms with Crippen molar-refractivity contribution in [2.45, 2.75) is 11.3 Å². The van der Waals surface area contributed by atoms with E-state index in [9.17, 15) is 4.79 Å². The van der Waals surface area contributed by atoms with E-state index in [2.05, 4.69) is 16.4 Å². The molecule has 0 saturated carbocycles. The molecule has 132 valence electrons. The van der Waals surface area contributed by atoms with Gasteiger partial charge < -0.3 is 4.74 Å². The van der Waals surface area contributed by atoms with Crippen molar-refractivity contribution in [1.29, 1.82) is 0 Å². The first kappa shape index (κ1) is 17.4. The molecule has 0 aliphatic carbocycles. The van der Waals surface area contributed by atoms with Crippen molar-refractivity contribution in [1.82, 2.24) is 4.98 Å². The number of thiazole rings is 1. The van der Waals surface area contributed by atoms with Crippen LogP contribution in [0.15, 0.2) is 46.7 Å². The summed E-state index contributed by atoms with van der Waals surface area (Å²) in [7, 11) is 0. The van der Waals surface area contributed by atoms with Gasteiger partial charge in [-0.1, -0.05) is 11.6 Å². The number of nitrogens with one attached hydrogen (secondary N) is 1. The van der Waals surface area contributed by atoms with E-state index >= 15 is 0 Å². The zero-order valence-electron chi connectivity index (χ0n) is 13.9. The Morgan fingerprint density at radius 2 is 2.19 bits per heavy atom. The average Bonchev–Trinajstić information content (AvgIpc) is 3.30. The highest BCUT2D eigenvalue weighted by Gasteiger charge is 2.16. The molecule has 1 N–H and O–H groups in total. The molecular formula is C19H15ClN2O2S2. The van der Waals surface area contributed by atoms with E-state index in [1.54, 1.807) is 23.9 Å². The van der Waals surface area contributed by atoms with Gasteiger partial charge >= 0.3 is 0 Å². The lowest BCUT2D eigenvalue weighted by Gasteiger charge is -2.06. The number of hydrogen-bond donors (Lipinski definition) is 1. The predicted octanol–water partition coefficient (Wildman–Crippen LogP) is 5.37. The number of fused-ring (bicyclic) bond motifs is 1. The summed E-state index contributed by atoms with van der Waals surface area (Å²) in [4.78, 5) is 18.1. The summed E-state index contributed by atoms with van der Waals surface area (Å²) in [5.74, 6) is 0.690. The van der Waals surface area contributed by atoms with E-state index in [-0.39, 0.29) is 5.91 Å².